The van der Waals surface area contributed by atoms with E-state index >= 15 is 0 Å². The predicted octanol–water partition coefficient (Wildman–Crippen LogP) is 3.98. The quantitative estimate of drug-likeness (QED) is 0.531. The van der Waals surface area contributed by atoms with E-state index in [1.165, 1.54) is 4.68 Å². The number of carbonyl (C=O) groups excluding carboxylic acids is 1. The Balaban J connectivity index is 1.67. The van der Waals surface area contributed by atoms with Crippen LogP contribution in [0.2, 0.25) is 5.02 Å². The lowest BCUT2D eigenvalue weighted by molar-refractivity contribution is -0.117. The first kappa shape index (κ1) is 19.8. The Bertz CT molecular complexity index is 1290. The Labute approximate surface area is 178 Å². The Kier molecular flexibility index (Phi) is 5.59. The molecule has 0 aliphatic carbocycles. The molecular weight excluding hydrogens is 400 g/mol. The number of carbonyl (C=O) groups is 1. The zero-order valence-corrected chi connectivity index (χ0v) is 17.1. The summed E-state index contributed by atoms with van der Waals surface area (Å²) in [5.41, 5.74) is 2.85. The van der Waals surface area contributed by atoms with Gasteiger partial charge in [0.2, 0.25) is 5.91 Å². The van der Waals surface area contributed by atoms with E-state index in [9.17, 15) is 9.59 Å². The molecule has 4 rings (SSSR count). The second-order valence-corrected chi connectivity index (χ2v) is 7.43. The Morgan fingerprint density at radius 1 is 1.10 bits per heavy atom. The molecule has 6 nitrogen and oxygen atoms in total. The fraction of sp³-hybridized carbons (Fsp3) is 0.130. The van der Waals surface area contributed by atoms with Gasteiger partial charge in [0.1, 0.15) is 6.54 Å². The molecule has 1 N–H and O–H groups in total. The third-order valence-electron chi connectivity index (χ3n) is 4.73. The highest BCUT2D eigenvalue weighted by atomic mass is 35.5. The molecule has 0 atom stereocenters. The van der Waals surface area contributed by atoms with Crippen molar-refractivity contribution in [1.29, 1.82) is 0 Å². The van der Waals surface area contributed by atoms with E-state index < -0.39 is 0 Å². The number of aryl methyl sites for hydroxylation is 1. The molecule has 0 fully saturated rings. The molecule has 150 valence electrons. The van der Waals surface area contributed by atoms with Crippen LogP contribution in [-0.2, 0) is 17.8 Å². The lowest BCUT2D eigenvalue weighted by Gasteiger charge is -2.12. The van der Waals surface area contributed by atoms with Gasteiger partial charge < -0.3 is 5.32 Å². The molecule has 1 amide bonds. The molecule has 0 spiro atoms. The van der Waals surface area contributed by atoms with E-state index in [0.717, 1.165) is 16.5 Å². The molecule has 7 heteroatoms. The van der Waals surface area contributed by atoms with Crippen molar-refractivity contribution in [2.24, 2.45) is 0 Å². The summed E-state index contributed by atoms with van der Waals surface area (Å²) in [6.45, 7) is 1.70. The summed E-state index contributed by atoms with van der Waals surface area (Å²) < 4.78 is 1.20. The van der Waals surface area contributed by atoms with Crippen molar-refractivity contribution in [2.45, 2.75) is 19.9 Å². The summed E-state index contributed by atoms with van der Waals surface area (Å²) >= 11 is 6.20. The van der Waals surface area contributed by atoms with Crippen LogP contribution in [0.25, 0.3) is 10.8 Å². The molecule has 2 aromatic carbocycles. The van der Waals surface area contributed by atoms with Crippen LogP contribution in [0.4, 0.5) is 5.69 Å². The zero-order chi connectivity index (χ0) is 21.1. The molecule has 4 aromatic rings. The summed E-state index contributed by atoms with van der Waals surface area (Å²) in [5.74, 6) is -0.377. The Hall–Kier alpha value is -3.51. The Morgan fingerprint density at radius 3 is 2.63 bits per heavy atom. The average Bonchev–Trinajstić information content (AvgIpc) is 2.74. The van der Waals surface area contributed by atoms with Crippen molar-refractivity contribution in [3.05, 3.63) is 99.2 Å². The molecule has 0 saturated heterocycles. The minimum absolute atomic E-state index is 0.214. The average molecular weight is 419 g/mol. The van der Waals surface area contributed by atoms with Gasteiger partial charge in [0, 0.05) is 24.2 Å². The highest BCUT2D eigenvalue weighted by molar-refractivity contribution is 6.33. The highest BCUT2D eigenvalue weighted by Crippen LogP contribution is 2.22. The number of fused-ring (bicyclic) bond motifs is 1. The molecule has 0 unspecified atom stereocenters. The first-order chi connectivity index (χ1) is 14.5. The molecule has 2 heterocycles. The molecule has 0 radical (unpaired) electrons. The maximum atomic E-state index is 12.9. The monoisotopic (exact) mass is 418 g/mol. The van der Waals surface area contributed by atoms with Gasteiger partial charge in [0.15, 0.2) is 0 Å². The Morgan fingerprint density at radius 2 is 1.90 bits per heavy atom. The van der Waals surface area contributed by atoms with E-state index in [-0.39, 0.29) is 18.0 Å². The summed E-state index contributed by atoms with van der Waals surface area (Å²) in [4.78, 5) is 29.6. The maximum Gasteiger partial charge on any atom is 0.275 e. The van der Waals surface area contributed by atoms with Crippen molar-refractivity contribution in [3.8, 4) is 0 Å². The standard InChI is InChI=1S/C23H19ClN4O2/c1-15-8-9-20(19(24)11-15)26-22(29)14-28-23(30)18-7-3-2-6-17(18)21(27-28)12-16-5-4-10-25-13-16/h2-11,13H,12,14H2,1H3,(H,26,29). The van der Waals surface area contributed by atoms with Crippen LogP contribution in [0.15, 0.2) is 71.8 Å². The van der Waals surface area contributed by atoms with Crippen LogP contribution in [0.5, 0.6) is 0 Å². The maximum absolute atomic E-state index is 12.9. The number of pyridine rings is 1. The highest BCUT2D eigenvalue weighted by Gasteiger charge is 2.14. The van der Waals surface area contributed by atoms with Gasteiger partial charge in [0.05, 0.1) is 21.8 Å². The second kappa shape index (κ2) is 8.47. The molecule has 0 saturated carbocycles. The van der Waals surface area contributed by atoms with Crippen LogP contribution in [0.3, 0.4) is 0 Å². The van der Waals surface area contributed by atoms with Gasteiger partial charge in [-0.1, -0.05) is 41.9 Å². The second-order valence-electron chi connectivity index (χ2n) is 7.02. The van der Waals surface area contributed by atoms with Crippen molar-refractivity contribution < 1.29 is 4.79 Å². The van der Waals surface area contributed by atoms with Crippen LogP contribution < -0.4 is 10.9 Å². The van der Waals surface area contributed by atoms with Gasteiger partial charge in [-0.3, -0.25) is 14.6 Å². The van der Waals surface area contributed by atoms with E-state index in [2.05, 4.69) is 15.4 Å². The van der Waals surface area contributed by atoms with E-state index in [0.29, 0.717) is 28.2 Å². The van der Waals surface area contributed by atoms with Crippen molar-refractivity contribution in [2.75, 3.05) is 5.32 Å². The normalized spacial score (nSPS) is 10.9. The third kappa shape index (κ3) is 4.23. The summed E-state index contributed by atoms with van der Waals surface area (Å²) in [7, 11) is 0. The zero-order valence-electron chi connectivity index (χ0n) is 16.3. The lowest BCUT2D eigenvalue weighted by Crippen LogP contribution is -2.30. The lowest BCUT2D eigenvalue weighted by atomic mass is 10.1. The minimum atomic E-state index is -0.377. The number of amides is 1. The fourth-order valence-electron chi connectivity index (χ4n) is 3.29. The van der Waals surface area contributed by atoms with Gasteiger partial charge >= 0.3 is 0 Å². The number of halogens is 1. The van der Waals surface area contributed by atoms with Crippen LogP contribution in [0.1, 0.15) is 16.8 Å². The summed E-state index contributed by atoms with van der Waals surface area (Å²) in [6, 6.07) is 16.4. The van der Waals surface area contributed by atoms with E-state index in [4.69, 9.17) is 11.6 Å². The molecule has 2 aromatic heterocycles. The van der Waals surface area contributed by atoms with Crippen molar-refractivity contribution in [1.82, 2.24) is 14.8 Å². The molecule has 0 aliphatic rings. The van der Waals surface area contributed by atoms with Crippen molar-refractivity contribution in [3.63, 3.8) is 0 Å². The van der Waals surface area contributed by atoms with Crippen LogP contribution in [-0.4, -0.2) is 20.7 Å². The van der Waals surface area contributed by atoms with Gasteiger partial charge in [-0.2, -0.15) is 5.10 Å². The smallest absolute Gasteiger partial charge is 0.275 e. The van der Waals surface area contributed by atoms with E-state index in [1.807, 2.05) is 37.3 Å². The number of hydrogen-bond acceptors (Lipinski definition) is 4. The first-order valence-electron chi connectivity index (χ1n) is 9.45. The first-order valence-corrected chi connectivity index (χ1v) is 9.83. The third-order valence-corrected chi connectivity index (χ3v) is 5.04. The SMILES string of the molecule is Cc1ccc(NC(=O)Cn2nc(Cc3cccnc3)c3ccccc3c2=O)c(Cl)c1. The molecule has 0 bridgehead atoms. The number of nitrogens with one attached hydrogen (secondary N) is 1. The van der Waals surface area contributed by atoms with Crippen LogP contribution in [0, 0.1) is 6.92 Å². The van der Waals surface area contributed by atoms with Crippen molar-refractivity contribution >= 4 is 34.0 Å². The van der Waals surface area contributed by atoms with Gasteiger partial charge in [0.25, 0.3) is 5.56 Å². The molecule has 0 aliphatic heterocycles. The van der Waals surface area contributed by atoms with Gasteiger partial charge in [-0.05, 0) is 42.3 Å². The number of nitrogens with zero attached hydrogens (tertiary/aromatic N) is 3. The number of hydrogen-bond donors (Lipinski definition) is 1. The molecular formula is C23H19ClN4O2. The number of aromatic nitrogens is 3. The summed E-state index contributed by atoms with van der Waals surface area (Å²) in [5, 5.41) is 8.98. The van der Waals surface area contributed by atoms with Gasteiger partial charge in [-0.25, -0.2) is 4.68 Å². The summed E-state index contributed by atoms with van der Waals surface area (Å²) in [6.07, 6.45) is 3.97. The largest absolute Gasteiger partial charge is 0.323 e. The topological polar surface area (TPSA) is 76.9 Å². The van der Waals surface area contributed by atoms with Gasteiger partial charge in [-0.15, -0.1) is 0 Å². The van der Waals surface area contributed by atoms with Crippen LogP contribution >= 0.6 is 11.6 Å². The number of benzene rings is 2. The van der Waals surface area contributed by atoms with E-state index in [1.54, 1.807) is 36.7 Å². The fourth-order valence-corrected chi connectivity index (χ4v) is 3.57. The minimum Gasteiger partial charge on any atom is -0.323 e. The molecule has 30 heavy (non-hydrogen) atoms. The number of anilines is 1. The predicted molar refractivity (Wildman–Crippen MR) is 118 cm³/mol. The number of rotatable bonds is 5.